The van der Waals surface area contributed by atoms with Crippen molar-refractivity contribution >= 4 is 7.82 Å². The molecule has 0 rings (SSSR count). The summed E-state index contributed by atoms with van der Waals surface area (Å²) in [6.07, 6.45) is 0. The fourth-order valence-corrected chi connectivity index (χ4v) is 0.721. The van der Waals surface area contributed by atoms with Crippen molar-refractivity contribution in [2.45, 2.75) is 13.8 Å². The SMILES string of the molecule is CC(C)COP(=O)([O-])[O-].[CH3-].[V]. The summed E-state index contributed by atoms with van der Waals surface area (Å²) in [5.41, 5.74) is 0. The van der Waals surface area contributed by atoms with Gasteiger partial charge in [-0.15, -0.1) is 0 Å². The van der Waals surface area contributed by atoms with E-state index in [1.54, 1.807) is 13.8 Å². The van der Waals surface area contributed by atoms with Crippen LogP contribution < -0.4 is 9.79 Å². The molecule has 69 valence electrons. The van der Waals surface area contributed by atoms with Gasteiger partial charge < -0.3 is 26.3 Å². The molecule has 0 saturated carbocycles. The molecule has 0 spiro atoms. The van der Waals surface area contributed by atoms with Gasteiger partial charge in [0.15, 0.2) is 0 Å². The van der Waals surface area contributed by atoms with Crippen LogP contribution in [-0.2, 0) is 27.6 Å². The summed E-state index contributed by atoms with van der Waals surface area (Å²) in [4.78, 5) is 19.6. The fraction of sp³-hybridized carbons (Fsp3) is 0.800. The molecule has 0 atom stereocenters. The molecule has 0 aliphatic rings. The molecule has 0 aromatic heterocycles. The normalized spacial score (nSPS) is 10.3. The summed E-state index contributed by atoms with van der Waals surface area (Å²) >= 11 is 0. The standard InChI is InChI=1S/C4H11O4P.CH3.V/c1-4(2)3-8-9(5,6)7;;/h4H,3H2,1-2H3,(H2,5,6,7);1H3;/q;-1;/p-2. The van der Waals surface area contributed by atoms with Crippen molar-refractivity contribution in [1.29, 1.82) is 0 Å². The van der Waals surface area contributed by atoms with E-state index in [9.17, 15) is 14.4 Å². The second-order valence-corrected chi connectivity index (χ2v) is 3.29. The minimum atomic E-state index is -4.72. The predicted octanol–water partition coefficient (Wildman–Crippen LogP) is -0.0645. The van der Waals surface area contributed by atoms with Crippen LogP contribution in [0.3, 0.4) is 0 Å². The smallest absolute Gasteiger partial charge is 0.0596 e. The van der Waals surface area contributed by atoms with E-state index < -0.39 is 7.82 Å². The zero-order chi connectivity index (χ0) is 7.49. The first-order valence-electron chi connectivity index (χ1n) is 2.58. The van der Waals surface area contributed by atoms with Crippen molar-refractivity contribution in [3.8, 4) is 0 Å². The molecule has 0 N–H and O–H groups in total. The van der Waals surface area contributed by atoms with E-state index in [1.165, 1.54) is 0 Å². The Hall–Kier alpha value is 0.694. The van der Waals surface area contributed by atoms with Crippen LogP contribution in [0.2, 0.25) is 0 Å². The number of phosphoric acid groups is 1. The molecule has 0 unspecified atom stereocenters. The van der Waals surface area contributed by atoms with E-state index in [0.29, 0.717) is 0 Å². The second kappa shape index (κ2) is 7.35. The topological polar surface area (TPSA) is 72.4 Å². The molecule has 4 nitrogen and oxygen atoms in total. The van der Waals surface area contributed by atoms with Gasteiger partial charge in [0.1, 0.15) is 0 Å². The van der Waals surface area contributed by atoms with Crippen LogP contribution in [0.1, 0.15) is 13.8 Å². The fourth-order valence-electron chi connectivity index (χ4n) is 0.240. The van der Waals surface area contributed by atoms with Gasteiger partial charge in [-0.2, -0.15) is 0 Å². The molecule has 0 aromatic rings. The summed E-state index contributed by atoms with van der Waals surface area (Å²) in [5.74, 6) is 0.0706. The van der Waals surface area contributed by atoms with Gasteiger partial charge in [-0.05, 0) is 5.92 Å². The maximum Gasteiger partial charge on any atom is 0.0596 e. The molecule has 0 bridgehead atoms. The Labute approximate surface area is 79.5 Å². The average molecular weight is 218 g/mol. The number of hydrogen-bond acceptors (Lipinski definition) is 4. The number of hydrogen-bond donors (Lipinski definition) is 0. The van der Waals surface area contributed by atoms with Crippen molar-refractivity contribution in [1.82, 2.24) is 0 Å². The van der Waals surface area contributed by atoms with E-state index in [2.05, 4.69) is 4.52 Å². The van der Waals surface area contributed by atoms with E-state index in [-0.39, 0.29) is 38.5 Å². The monoisotopic (exact) mass is 218 g/mol. The van der Waals surface area contributed by atoms with Crippen molar-refractivity contribution in [3.05, 3.63) is 7.43 Å². The number of phosphoric ester groups is 1. The Morgan fingerprint density at radius 1 is 1.45 bits per heavy atom. The van der Waals surface area contributed by atoms with Gasteiger partial charge in [-0.3, -0.25) is 0 Å². The van der Waals surface area contributed by atoms with E-state index in [1.807, 2.05) is 0 Å². The second-order valence-electron chi connectivity index (χ2n) is 2.14. The third-order valence-electron chi connectivity index (χ3n) is 0.566. The molecule has 0 heterocycles. The Kier molecular flexibility index (Phi) is 11.8. The maximum atomic E-state index is 9.79. The van der Waals surface area contributed by atoms with Gasteiger partial charge in [0.05, 0.1) is 14.4 Å². The molecular weight excluding hydrogens is 206 g/mol. The predicted molar refractivity (Wildman–Crippen MR) is 34.8 cm³/mol. The van der Waals surface area contributed by atoms with Crippen LogP contribution in [0.25, 0.3) is 0 Å². The Morgan fingerprint density at radius 3 is 1.91 bits per heavy atom. The maximum absolute atomic E-state index is 9.79. The Morgan fingerprint density at radius 2 is 1.82 bits per heavy atom. The average Bonchev–Trinajstić information content (AvgIpc) is 1.59. The van der Waals surface area contributed by atoms with Gasteiger partial charge in [-0.1, -0.05) is 13.8 Å². The molecule has 0 aromatic carbocycles. The third-order valence-corrected chi connectivity index (χ3v) is 1.03. The number of rotatable bonds is 3. The van der Waals surface area contributed by atoms with Crippen LogP contribution >= 0.6 is 7.82 Å². The van der Waals surface area contributed by atoms with Crippen molar-refractivity contribution in [2.24, 2.45) is 5.92 Å². The first kappa shape index (κ1) is 17.7. The molecular formula is C5H12O4PV-3. The van der Waals surface area contributed by atoms with E-state index in [0.717, 1.165) is 0 Å². The molecule has 11 heavy (non-hydrogen) atoms. The zero-order valence-electron chi connectivity index (χ0n) is 6.81. The Balaban J connectivity index is -0.000000320. The minimum Gasteiger partial charge on any atom is -0.790 e. The molecule has 0 saturated heterocycles. The molecule has 0 fully saturated rings. The molecule has 6 heteroatoms. The third kappa shape index (κ3) is 18.0. The van der Waals surface area contributed by atoms with Gasteiger partial charge in [0.2, 0.25) is 0 Å². The van der Waals surface area contributed by atoms with Gasteiger partial charge in [0, 0.05) is 18.6 Å². The summed E-state index contributed by atoms with van der Waals surface area (Å²) in [6.45, 7) is 3.50. The van der Waals surface area contributed by atoms with Crippen LogP contribution in [0.5, 0.6) is 0 Å². The Bertz CT molecular complexity index is 122. The van der Waals surface area contributed by atoms with Gasteiger partial charge in [0.25, 0.3) is 0 Å². The first-order valence-corrected chi connectivity index (χ1v) is 4.04. The summed E-state index contributed by atoms with van der Waals surface area (Å²) in [7, 11) is -4.72. The van der Waals surface area contributed by atoms with Crippen LogP contribution in [0.15, 0.2) is 0 Å². The van der Waals surface area contributed by atoms with Crippen LogP contribution in [0.4, 0.5) is 0 Å². The van der Waals surface area contributed by atoms with Crippen molar-refractivity contribution in [2.75, 3.05) is 6.61 Å². The van der Waals surface area contributed by atoms with Crippen molar-refractivity contribution < 1.29 is 37.4 Å². The molecule has 0 amide bonds. The summed E-state index contributed by atoms with van der Waals surface area (Å²) < 4.78 is 13.7. The molecule has 0 aliphatic carbocycles. The zero-order valence-corrected chi connectivity index (χ0v) is 9.10. The summed E-state index contributed by atoms with van der Waals surface area (Å²) in [6, 6.07) is 0. The van der Waals surface area contributed by atoms with Crippen LogP contribution in [-0.4, -0.2) is 6.61 Å². The molecule has 0 aliphatic heterocycles. The summed E-state index contributed by atoms with van der Waals surface area (Å²) in [5, 5.41) is 0. The largest absolute Gasteiger partial charge is 0.790 e. The quantitative estimate of drug-likeness (QED) is 0.491. The first-order chi connectivity index (χ1) is 3.92. The minimum absolute atomic E-state index is 0. The van der Waals surface area contributed by atoms with E-state index in [4.69, 9.17) is 0 Å². The van der Waals surface area contributed by atoms with E-state index >= 15 is 0 Å². The van der Waals surface area contributed by atoms with Crippen LogP contribution in [0, 0.1) is 13.3 Å². The van der Waals surface area contributed by atoms with Gasteiger partial charge in [-0.25, -0.2) is 0 Å². The van der Waals surface area contributed by atoms with Gasteiger partial charge >= 0.3 is 0 Å². The van der Waals surface area contributed by atoms with Crippen molar-refractivity contribution in [3.63, 3.8) is 0 Å². The molecule has 1 radical (unpaired) electrons.